The molecule has 2 aromatic carbocycles. The van der Waals surface area contributed by atoms with Crippen LogP contribution in [-0.2, 0) is 38.5 Å². The summed E-state index contributed by atoms with van der Waals surface area (Å²) in [5.41, 5.74) is 2.58. The summed E-state index contributed by atoms with van der Waals surface area (Å²) >= 11 is 0. The monoisotopic (exact) mass is 596 g/mol. The number of rotatable bonds is 11. The molecule has 0 saturated carbocycles. The number of esters is 1. The van der Waals surface area contributed by atoms with Gasteiger partial charge in [-0.15, -0.1) is 0 Å². The predicted octanol–water partition coefficient (Wildman–Crippen LogP) is 6.33. The summed E-state index contributed by atoms with van der Waals surface area (Å²) in [5.74, 6) is 1.41. The third-order valence-corrected chi connectivity index (χ3v) is 6.62. The van der Waals surface area contributed by atoms with Crippen LogP contribution in [0, 0.1) is 5.92 Å². The molecule has 2 amide bonds. The van der Waals surface area contributed by atoms with Gasteiger partial charge in [0.05, 0.1) is 13.5 Å². The number of nitrogens with zero attached hydrogens (tertiary/aromatic N) is 2. The van der Waals surface area contributed by atoms with Gasteiger partial charge in [0.1, 0.15) is 35.9 Å². The molecule has 0 atom stereocenters. The zero-order valence-electron chi connectivity index (χ0n) is 27.2. The van der Waals surface area contributed by atoms with E-state index in [-0.39, 0.29) is 25.4 Å². The highest BCUT2D eigenvalue weighted by Gasteiger charge is 2.30. The number of anilines is 1. The molecule has 9 nitrogen and oxygen atoms in total. The van der Waals surface area contributed by atoms with Crippen molar-refractivity contribution in [3.05, 3.63) is 53.1 Å². The van der Waals surface area contributed by atoms with Gasteiger partial charge < -0.3 is 23.8 Å². The number of carbonyl (C=O) groups excluding carboxylic acids is 3. The van der Waals surface area contributed by atoms with Gasteiger partial charge in [0.2, 0.25) is 5.91 Å². The fraction of sp³-hybridized carbons (Fsp3) is 0.559. The summed E-state index contributed by atoms with van der Waals surface area (Å²) in [7, 11) is 1.69. The molecule has 0 unspecified atom stereocenters. The van der Waals surface area contributed by atoms with Crippen molar-refractivity contribution in [1.29, 1.82) is 0 Å². The largest absolute Gasteiger partial charge is 0.496 e. The highest BCUT2D eigenvalue weighted by Crippen LogP contribution is 2.32. The van der Waals surface area contributed by atoms with Gasteiger partial charge in [-0.3, -0.25) is 14.5 Å². The average Bonchev–Trinajstić information content (AvgIpc) is 3.31. The van der Waals surface area contributed by atoms with Gasteiger partial charge in [-0.1, -0.05) is 26.0 Å². The van der Waals surface area contributed by atoms with Gasteiger partial charge >= 0.3 is 12.1 Å². The third-order valence-electron chi connectivity index (χ3n) is 6.62. The van der Waals surface area contributed by atoms with Gasteiger partial charge in [0.15, 0.2) is 0 Å². The lowest BCUT2D eigenvalue weighted by Crippen LogP contribution is -2.45. The Labute approximate surface area is 256 Å². The highest BCUT2D eigenvalue weighted by atomic mass is 16.6. The zero-order chi connectivity index (χ0) is 31.9. The lowest BCUT2D eigenvalue weighted by atomic mass is 10.0. The third kappa shape index (κ3) is 10.5. The number of carbonyl (C=O) groups is 3. The van der Waals surface area contributed by atoms with Crippen molar-refractivity contribution in [2.24, 2.45) is 5.92 Å². The SMILES string of the molecule is COc1cc(COc2ccc3c(c2)CCN3C(=O)CN(CCC(=O)OC(C)(C)C)C(=O)OC(C)(C)C)ccc1CC(C)C. The van der Waals surface area contributed by atoms with Crippen molar-refractivity contribution in [2.45, 2.75) is 92.5 Å². The molecule has 0 radical (unpaired) electrons. The first-order valence-electron chi connectivity index (χ1n) is 15.0. The number of hydrogen-bond donors (Lipinski definition) is 0. The number of amides is 2. The van der Waals surface area contributed by atoms with Gasteiger partial charge in [-0.25, -0.2) is 4.79 Å². The normalized spacial score (nSPS) is 13.0. The van der Waals surface area contributed by atoms with Crippen LogP contribution in [0.1, 0.15) is 78.5 Å². The number of ether oxygens (including phenoxy) is 4. The maximum atomic E-state index is 13.4. The van der Waals surface area contributed by atoms with Crippen molar-refractivity contribution in [2.75, 3.05) is 31.6 Å². The number of methoxy groups -OCH3 is 1. The van der Waals surface area contributed by atoms with Crippen LogP contribution in [-0.4, -0.2) is 60.8 Å². The maximum Gasteiger partial charge on any atom is 0.410 e. The first-order chi connectivity index (χ1) is 20.0. The predicted molar refractivity (Wildman–Crippen MR) is 167 cm³/mol. The summed E-state index contributed by atoms with van der Waals surface area (Å²) in [4.78, 5) is 41.6. The average molecular weight is 597 g/mol. The van der Waals surface area contributed by atoms with Crippen molar-refractivity contribution in [3.63, 3.8) is 0 Å². The molecule has 43 heavy (non-hydrogen) atoms. The second-order valence-electron chi connectivity index (χ2n) is 13.4. The Kier molecular flexibility index (Phi) is 11.1. The van der Waals surface area contributed by atoms with E-state index in [9.17, 15) is 14.4 Å². The fourth-order valence-corrected chi connectivity index (χ4v) is 4.81. The van der Waals surface area contributed by atoms with Gasteiger partial charge in [-0.05, 0) is 101 Å². The number of hydrogen-bond acceptors (Lipinski definition) is 7. The smallest absolute Gasteiger partial charge is 0.410 e. The zero-order valence-corrected chi connectivity index (χ0v) is 27.2. The second-order valence-corrected chi connectivity index (χ2v) is 13.4. The van der Waals surface area contributed by atoms with E-state index in [1.165, 1.54) is 10.5 Å². The Morgan fingerprint density at radius 2 is 1.65 bits per heavy atom. The minimum absolute atomic E-state index is 0.00623. The lowest BCUT2D eigenvalue weighted by Gasteiger charge is -2.29. The van der Waals surface area contributed by atoms with E-state index in [2.05, 4.69) is 26.0 Å². The molecule has 0 spiro atoms. The fourth-order valence-electron chi connectivity index (χ4n) is 4.81. The molecular weight excluding hydrogens is 548 g/mol. The molecule has 1 aliphatic rings. The van der Waals surface area contributed by atoms with Crippen LogP contribution in [0.15, 0.2) is 36.4 Å². The summed E-state index contributed by atoms with van der Waals surface area (Å²) in [6, 6.07) is 11.9. The van der Waals surface area contributed by atoms with Crippen LogP contribution in [0.4, 0.5) is 10.5 Å². The highest BCUT2D eigenvalue weighted by molar-refractivity contribution is 5.98. The van der Waals surface area contributed by atoms with E-state index < -0.39 is 23.3 Å². The van der Waals surface area contributed by atoms with E-state index in [1.807, 2.05) is 24.3 Å². The molecule has 0 saturated heterocycles. The molecule has 2 aromatic rings. The molecular formula is C34H48N2O7. The summed E-state index contributed by atoms with van der Waals surface area (Å²) in [5, 5.41) is 0. The lowest BCUT2D eigenvalue weighted by molar-refractivity contribution is -0.155. The molecule has 0 N–H and O–H groups in total. The molecule has 9 heteroatoms. The topological polar surface area (TPSA) is 94.6 Å². The molecule has 0 aliphatic carbocycles. The quantitative estimate of drug-likeness (QED) is 0.280. The molecule has 0 fully saturated rings. The van der Waals surface area contributed by atoms with Crippen molar-refractivity contribution >= 4 is 23.7 Å². The van der Waals surface area contributed by atoms with E-state index in [4.69, 9.17) is 18.9 Å². The van der Waals surface area contributed by atoms with Crippen LogP contribution in [0.3, 0.4) is 0 Å². The van der Waals surface area contributed by atoms with Crippen molar-refractivity contribution < 1.29 is 33.3 Å². The Balaban J connectivity index is 1.66. The molecule has 3 rings (SSSR count). The first kappa shape index (κ1) is 33.7. The van der Waals surface area contributed by atoms with E-state index in [1.54, 1.807) is 53.6 Å². The van der Waals surface area contributed by atoms with Crippen LogP contribution in [0.25, 0.3) is 0 Å². The van der Waals surface area contributed by atoms with Crippen LogP contribution in [0.5, 0.6) is 11.5 Å². The summed E-state index contributed by atoms with van der Waals surface area (Å²) in [6.07, 6.45) is 0.915. The molecule has 1 heterocycles. The van der Waals surface area contributed by atoms with Crippen molar-refractivity contribution in [3.8, 4) is 11.5 Å². The van der Waals surface area contributed by atoms with Crippen LogP contribution in [0.2, 0.25) is 0 Å². The summed E-state index contributed by atoms with van der Waals surface area (Å²) in [6.45, 7) is 15.6. The minimum Gasteiger partial charge on any atom is -0.496 e. The molecule has 1 aliphatic heterocycles. The Morgan fingerprint density at radius 3 is 2.28 bits per heavy atom. The van der Waals surface area contributed by atoms with E-state index in [0.29, 0.717) is 31.2 Å². The van der Waals surface area contributed by atoms with Crippen LogP contribution < -0.4 is 14.4 Å². The second kappa shape index (κ2) is 14.1. The van der Waals surface area contributed by atoms with E-state index in [0.717, 1.165) is 29.0 Å². The molecule has 0 bridgehead atoms. The Morgan fingerprint density at radius 1 is 0.953 bits per heavy atom. The minimum atomic E-state index is -0.748. The van der Waals surface area contributed by atoms with Gasteiger partial charge in [-0.2, -0.15) is 0 Å². The first-order valence-corrected chi connectivity index (χ1v) is 15.0. The summed E-state index contributed by atoms with van der Waals surface area (Å²) < 4.78 is 22.6. The van der Waals surface area contributed by atoms with Crippen LogP contribution >= 0.6 is 0 Å². The van der Waals surface area contributed by atoms with Gasteiger partial charge in [0.25, 0.3) is 0 Å². The van der Waals surface area contributed by atoms with Gasteiger partial charge in [0, 0.05) is 18.8 Å². The molecule has 0 aromatic heterocycles. The van der Waals surface area contributed by atoms with Crippen molar-refractivity contribution in [1.82, 2.24) is 4.90 Å². The van der Waals surface area contributed by atoms with E-state index >= 15 is 0 Å². The number of fused-ring (bicyclic) bond motifs is 1. The maximum absolute atomic E-state index is 13.4. The Hall–Kier alpha value is -3.75. The Bertz CT molecular complexity index is 1290. The molecule has 236 valence electrons. The number of benzene rings is 2. The standard InChI is InChI=1S/C34H48N2O7/c1-23(2)18-26-11-10-24(19-29(26)40-9)22-41-27-12-13-28-25(20-27)14-17-36(28)30(37)21-35(32(39)43-34(6,7)8)16-15-31(38)42-33(3,4)5/h10-13,19-20,23H,14-18,21-22H2,1-9H3.